The second-order valence-corrected chi connectivity index (χ2v) is 5.35. The maximum absolute atomic E-state index is 11.0. The fraction of sp³-hybridized carbons (Fsp3) is 0.200. The van der Waals surface area contributed by atoms with Crippen molar-refractivity contribution in [3.63, 3.8) is 0 Å². The summed E-state index contributed by atoms with van der Waals surface area (Å²) in [5.74, 6) is 0.620. The summed E-state index contributed by atoms with van der Waals surface area (Å²) in [7, 11) is 1.54. The van der Waals surface area contributed by atoms with E-state index in [1.807, 2.05) is 0 Å². The van der Waals surface area contributed by atoms with Crippen molar-refractivity contribution in [2.24, 2.45) is 0 Å². The van der Waals surface area contributed by atoms with Gasteiger partial charge in [-0.25, -0.2) is 0 Å². The van der Waals surface area contributed by atoms with Crippen LogP contribution in [0.1, 0.15) is 17.2 Å². The van der Waals surface area contributed by atoms with Crippen molar-refractivity contribution < 1.29 is 14.8 Å². The molecule has 0 aliphatic rings. The molecule has 2 aromatic rings. The Kier molecular flexibility index (Phi) is 4.93. The molecule has 0 amide bonds. The average molecular weight is 352 g/mol. The van der Waals surface area contributed by atoms with Crippen LogP contribution in [0.2, 0.25) is 0 Å². The van der Waals surface area contributed by atoms with Gasteiger partial charge in [-0.05, 0) is 23.8 Å². The number of halogens is 1. The predicted octanol–water partition coefficient (Wildman–Crippen LogP) is 3.64. The van der Waals surface area contributed by atoms with Gasteiger partial charge in [0, 0.05) is 22.5 Å². The molecule has 0 fully saturated rings. The van der Waals surface area contributed by atoms with Crippen molar-refractivity contribution in [2.75, 3.05) is 7.11 Å². The van der Waals surface area contributed by atoms with E-state index in [9.17, 15) is 15.2 Å². The van der Waals surface area contributed by atoms with Gasteiger partial charge in [-0.2, -0.15) is 0 Å². The summed E-state index contributed by atoms with van der Waals surface area (Å²) in [5, 5.41) is 21.4. The minimum absolute atomic E-state index is 0.00979. The monoisotopic (exact) mass is 351 g/mol. The highest BCUT2D eigenvalue weighted by Gasteiger charge is 2.19. The zero-order valence-electron chi connectivity index (χ0n) is 11.3. The van der Waals surface area contributed by atoms with Gasteiger partial charge in [0.2, 0.25) is 0 Å². The molecule has 1 atom stereocenters. The van der Waals surface area contributed by atoms with Crippen LogP contribution >= 0.6 is 15.9 Å². The summed E-state index contributed by atoms with van der Waals surface area (Å²) >= 11 is 3.37. The van der Waals surface area contributed by atoms with Crippen LogP contribution in [0, 0.1) is 10.1 Å². The van der Waals surface area contributed by atoms with Crippen LogP contribution < -0.4 is 4.74 Å². The number of nitrogens with zero attached hydrogens (tertiary/aromatic N) is 1. The zero-order valence-corrected chi connectivity index (χ0v) is 12.9. The Hall–Kier alpha value is -1.92. The van der Waals surface area contributed by atoms with E-state index in [0.29, 0.717) is 16.9 Å². The van der Waals surface area contributed by atoms with Crippen LogP contribution in [0.25, 0.3) is 0 Å². The fourth-order valence-corrected chi connectivity index (χ4v) is 2.59. The molecule has 21 heavy (non-hydrogen) atoms. The number of benzene rings is 2. The second-order valence-electron chi connectivity index (χ2n) is 4.49. The van der Waals surface area contributed by atoms with Crippen LogP contribution in [0.15, 0.2) is 46.9 Å². The van der Waals surface area contributed by atoms with Crippen molar-refractivity contribution in [3.05, 3.63) is 68.2 Å². The molecule has 0 heterocycles. The van der Waals surface area contributed by atoms with Crippen molar-refractivity contribution in [1.82, 2.24) is 0 Å². The van der Waals surface area contributed by atoms with E-state index in [2.05, 4.69) is 15.9 Å². The number of hydrogen-bond acceptors (Lipinski definition) is 4. The summed E-state index contributed by atoms with van der Waals surface area (Å²) < 4.78 is 5.86. The molecule has 0 radical (unpaired) electrons. The molecule has 0 spiro atoms. The first-order valence-electron chi connectivity index (χ1n) is 6.26. The Bertz CT molecular complexity index is 660. The van der Waals surface area contributed by atoms with Gasteiger partial charge in [0.05, 0.1) is 18.1 Å². The number of aliphatic hydroxyl groups is 1. The second kappa shape index (κ2) is 6.69. The van der Waals surface area contributed by atoms with Gasteiger partial charge >= 0.3 is 0 Å². The largest absolute Gasteiger partial charge is 0.497 e. The normalized spacial score (nSPS) is 12.0. The van der Waals surface area contributed by atoms with Crippen molar-refractivity contribution >= 4 is 21.6 Å². The Morgan fingerprint density at radius 3 is 2.71 bits per heavy atom. The van der Waals surface area contributed by atoms with Gasteiger partial charge in [0.1, 0.15) is 5.75 Å². The predicted molar refractivity (Wildman–Crippen MR) is 82.5 cm³/mol. The lowest BCUT2D eigenvalue weighted by Crippen LogP contribution is -2.05. The first-order valence-corrected chi connectivity index (χ1v) is 7.06. The van der Waals surface area contributed by atoms with Gasteiger partial charge in [0.15, 0.2) is 0 Å². The molecule has 110 valence electrons. The smallest absolute Gasteiger partial charge is 0.272 e. The fourth-order valence-electron chi connectivity index (χ4n) is 2.08. The van der Waals surface area contributed by atoms with E-state index in [1.165, 1.54) is 6.07 Å². The summed E-state index contributed by atoms with van der Waals surface area (Å²) in [5.41, 5.74) is 1.13. The molecule has 0 saturated carbocycles. The summed E-state index contributed by atoms with van der Waals surface area (Å²) in [6.45, 7) is 0. The van der Waals surface area contributed by atoms with Crippen LogP contribution in [0.3, 0.4) is 0 Å². The van der Waals surface area contributed by atoms with E-state index in [4.69, 9.17) is 4.74 Å². The molecule has 0 saturated heterocycles. The molecule has 0 bridgehead atoms. The van der Waals surface area contributed by atoms with Gasteiger partial charge in [0.25, 0.3) is 5.69 Å². The quantitative estimate of drug-likeness (QED) is 0.659. The maximum Gasteiger partial charge on any atom is 0.272 e. The van der Waals surface area contributed by atoms with Gasteiger partial charge in [-0.1, -0.05) is 34.1 Å². The summed E-state index contributed by atoms with van der Waals surface area (Å²) in [4.78, 5) is 10.6. The topological polar surface area (TPSA) is 72.6 Å². The third-order valence-corrected chi connectivity index (χ3v) is 3.89. The van der Waals surface area contributed by atoms with Crippen LogP contribution in [0.5, 0.6) is 5.75 Å². The van der Waals surface area contributed by atoms with E-state index in [0.717, 1.165) is 4.47 Å². The molecular weight excluding hydrogens is 338 g/mol. The minimum atomic E-state index is -0.865. The molecule has 1 unspecified atom stereocenters. The lowest BCUT2D eigenvalue weighted by molar-refractivity contribution is -0.385. The number of hydrogen-bond donors (Lipinski definition) is 1. The number of nitro groups is 1. The Labute approximate surface area is 130 Å². The Balaban J connectivity index is 2.30. The molecule has 2 rings (SSSR count). The Morgan fingerprint density at radius 2 is 2.05 bits per heavy atom. The SMILES string of the molecule is COc1ccc(Br)c(C(O)Cc2ccccc2[N+](=O)[O-])c1. The first-order chi connectivity index (χ1) is 10.0. The van der Waals surface area contributed by atoms with E-state index >= 15 is 0 Å². The molecule has 0 aliphatic carbocycles. The van der Waals surface area contributed by atoms with Crippen LogP contribution in [-0.2, 0) is 6.42 Å². The number of ether oxygens (including phenoxy) is 1. The number of methoxy groups -OCH3 is 1. The number of nitro benzene ring substituents is 1. The Morgan fingerprint density at radius 1 is 1.33 bits per heavy atom. The van der Waals surface area contributed by atoms with E-state index < -0.39 is 11.0 Å². The molecule has 2 aromatic carbocycles. The minimum Gasteiger partial charge on any atom is -0.497 e. The number of aliphatic hydroxyl groups excluding tert-OH is 1. The molecule has 1 N–H and O–H groups in total. The van der Waals surface area contributed by atoms with E-state index in [1.54, 1.807) is 43.5 Å². The summed E-state index contributed by atoms with van der Waals surface area (Å²) in [6, 6.07) is 11.7. The first kappa shape index (κ1) is 15.5. The highest BCUT2D eigenvalue weighted by atomic mass is 79.9. The number of para-hydroxylation sites is 1. The third kappa shape index (κ3) is 3.59. The lowest BCUT2D eigenvalue weighted by atomic mass is 10.00. The molecule has 5 nitrogen and oxygen atoms in total. The van der Waals surface area contributed by atoms with Gasteiger partial charge < -0.3 is 9.84 Å². The van der Waals surface area contributed by atoms with Crippen molar-refractivity contribution in [2.45, 2.75) is 12.5 Å². The highest BCUT2D eigenvalue weighted by Crippen LogP contribution is 2.31. The summed E-state index contributed by atoms with van der Waals surface area (Å²) in [6.07, 6.45) is -0.710. The molecule has 0 aliphatic heterocycles. The lowest BCUT2D eigenvalue weighted by Gasteiger charge is -2.14. The van der Waals surface area contributed by atoms with E-state index in [-0.39, 0.29) is 12.1 Å². The highest BCUT2D eigenvalue weighted by molar-refractivity contribution is 9.10. The third-order valence-electron chi connectivity index (χ3n) is 3.16. The maximum atomic E-state index is 11.0. The standard InChI is InChI=1S/C15H14BrNO4/c1-21-11-6-7-13(16)12(9-11)15(18)8-10-4-2-3-5-14(10)17(19)20/h2-7,9,15,18H,8H2,1H3. The molecular formula is C15H14BrNO4. The molecule has 6 heteroatoms. The number of rotatable bonds is 5. The van der Waals surface area contributed by atoms with Crippen molar-refractivity contribution in [1.29, 1.82) is 0 Å². The van der Waals surface area contributed by atoms with Crippen LogP contribution in [0.4, 0.5) is 5.69 Å². The van der Waals surface area contributed by atoms with Gasteiger partial charge in [-0.3, -0.25) is 10.1 Å². The zero-order chi connectivity index (χ0) is 15.4. The average Bonchev–Trinajstić information content (AvgIpc) is 2.48. The van der Waals surface area contributed by atoms with Crippen LogP contribution in [-0.4, -0.2) is 17.1 Å². The molecule has 0 aromatic heterocycles. The van der Waals surface area contributed by atoms with Crippen molar-refractivity contribution in [3.8, 4) is 5.75 Å². The van der Waals surface area contributed by atoms with Gasteiger partial charge in [-0.15, -0.1) is 0 Å².